The summed E-state index contributed by atoms with van der Waals surface area (Å²) >= 11 is 11.2. The van der Waals surface area contributed by atoms with Gasteiger partial charge in [-0.3, -0.25) is 4.79 Å². The van der Waals surface area contributed by atoms with Crippen LogP contribution < -0.4 is 4.90 Å². The van der Waals surface area contributed by atoms with E-state index in [0.717, 1.165) is 18.5 Å². The Balaban J connectivity index is 2.34. The standard InChI is InChI=1S/C11H11Cl2NO/c12-10(13)11(15)14-7-3-5-8-4-1-2-6-9(8)14/h1-2,4,6,10H,3,5,7H2. The first-order valence-electron chi connectivity index (χ1n) is 4.87. The zero-order chi connectivity index (χ0) is 10.8. The molecule has 0 aromatic heterocycles. The molecular formula is C11H11Cl2NO. The van der Waals surface area contributed by atoms with Gasteiger partial charge in [-0.05, 0) is 24.5 Å². The Bertz CT molecular complexity index is 379. The average molecular weight is 244 g/mol. The van der Waals surface area contributed by atoms with Crippen LogP contribution in [0.25, 0.3) is 0 Å². The molecule has 2 rings (SSSR count). The maximum Gasteiger partial charge on any atom is 0.260 e. The van der Waals surface area contributed by atoms with Crippen molar-refractivity contribution in [2.75, 3.05) is 11.4 Å². The van der Waals surface area contributed by atoms with Crippen molar-refractivity contribution in [1.82, 2.24) is 0 Å². The number of carbonyl (C=O) groups excluding carboxylic acids is 1. The van der Waals surface area contributed by atoms with Crippen LogP contribution in [0.5, 0.6) is 0 Å². The number of hydrogen-bond donors (Lipinski definition) is 0. The molecular weight excluding hydrogens is 233 g/mol. The smallest absolute Gasteiger partial charge is 0.260 e. The number of halogens is 2. The lowest BCUT2D eigenvalue weighted by molar-refractivity contribution is -0.117. The molecule has 1 heterocycles. The molecule has 80 valence electrons. The SMILES string of the molecule is O=C(C(Cl)Cl)N1CCCc2ccccc21. The molecule has 4 heteroatoms. The zero-order valence-electron chi connectivity index (χ0n) is 8.12. The number of fused-ring (bicyclic) bond motifs is 1. The van der Waals surface area contributed by atoms with E-state index in [-0.39, 0.29) is 5.91 Å². The van der Waals surface area contributed by atoms with Gasteiger partial charge in [-0.1, -0.05) is 41.4 Å². The van der Waals surface area contributed by atoms with E-state index in [1.807, 2.05) is 24.3 Å². The van der Waals surface area contributed by atoms with E-state index in [1.54, 1.807) is 4.90 Å². The molecule has 1 aromatic rings. The Kier molecular flexibility index (Phi) is 3.17. The van der Waals surface area contributed by atoms with Crippen LogP contribution in [0.2, 0.25) is 0 Å². The molecule has 0 unspecified atom stereocenters. The minimum Gasteiger partial charge on any atom is -0.310 e. The van der Waals surface area contributed by atoms with Crippen molar-refractivity contribution in [1.29, 1.82) is 0 Å². The summed E-state index contributed by atoms with van der Waals surface area (Å²) in [5.74, 6) is -0.231. The fraction of sp³-hybridized carbons (Fsp3) is 0.364. The third kappa shape index (κ3) is 2.11. The molecule has 0 spiro atoms. The summed E-state index contributed by atoms with van der Waals surface area (Å²) in [5.41, 5.74) is 2.13. The fourth-order valence-corrected chi connectivity index (χ4v) is 2.12. The Hall–Kier alpha value is -0.730. The van der Waals surface area contributed by atoms with Crippen LogP contribution in [-0.2, 0) is 11.2 Å². The summed E-state index contributed by atoms with van der Waals surface area (Å²) in [5, 5.41) is 0. The first-order chi connectivity index (χ1) is 7.20. The molecule has 0 bridgehead atoms. The van der Waals surface area contributed by atoms with E-state index in [1.165, 1.54) is 5.56 Å². The summed E-state index contributed by atoms with van der Waals surface area (Å²) in [6.45, 7) is 0.700. The molecule has 0 N–H and O–H groups in total. The van der Waals surface area contributed by atoms with Crippen molar-refractivity contribution in [3.05, 3.63) is 29.8 Å². The number of aryl methyl sites for hydroxylation is 1. The third-order valence-electron chi connectivity index (χ3n) is 2.56. The molecule has 1 aromatic carbocycles. The fourth-order valence-electron chi connectivity index (χ4n) is 1.88. The predicted octanol–water partition coefficient (Wildman–Crippen LogP) is 2.77. The number of rotatable bonds is 1. The number of para-hydroxylation sites is 1. The van der Waals surface area contributed by atoms with E-state index in [9.17, 15) is 4.79 Å². The molecule has 0 atom stereocenters. The van der Waals surface area contributed by atoms with Crippen LogP contribution in [-0.4, -0.2) is 17.3 Å². The van der Waals surface area contributed by atoms with Crippen molar-refractivity contribution < 1.29 is 4.79 Å². The number of anilines is 1. The van der Waals surface area contributed by atoms with Crippen molar-refractivity contribution in [2.45, 2.75) is 17.7 Å². The summed E-state index contributed by atoms with van der Waals surface area (Å²) in [6, 6.07) is 7.86. The normalized spacial score (nSPS) is 15.3. The van der Waals surface area contributed by atoms with Crippen molar-refractivity contribution in [3.8, 4) is 0 Å². The minimum atomic E-state index is -0.976. The average Bonchev–Trinajstić information content (AvgIpc) is 2.27. The summed E-state index contributed by atoms with van der Waals surface area (Å²) < 4.78 is 0. The Morgan fingerprint density at radius 3 is 2.80 bits per heavy atom. The highest BCUT2D eigenvalue weighted by molar-refractivity contribution is 6.54. The molecule has 1 aliphatic heterocycles. The monoisotopic (exact) mass is 243 g/mol. The van der Waals surface area contributed by atoms with Gasteiger partial charge in [-0.15, -0.1) is 0 Å². The molecule has 15 heavy (non-hydrogen) atoms. The van der Waals surface area contributed by atoms with Crippen molar-refractivity contribution >= 4 is 34.8 Å². The Morgan fingerprint density at radius 1 is 1.33 bits per heavy atom. The predicted molar refractivity (Wildman–Crippen MR) is 62.6 cm³/mol. The minimum absolute atomic E-state index is 0.231. The highest BCUT2D eigenvalue weighted by Gasteiger charge is 2.25. The molecule has 0 saturated heterocycles. The lowest BCUT2D eigenvalue weighted by atomic mass is 10.0. The maximum atomic E-state index is 11.7. The highest BCUT2D eigenvalue weighted by atomic mass is 35.5. The molecule has 2 nitrogen and oxygen atoms in total. The van der Waals surface area contributed by atoms with Gasteiger partial charge >= 0.3 is 0 Å². The number of benzene rings is 1. The van der Waals surface area contributed by atoms with Crippen LogP contribution in [0.3, 0.4) is 0 Å². The first-order valence-corrected chi connectivity index (χ1v) is 5.75. The summed E-state index contributed by atoms with van der Waals surface area (Å²) in [7, 11) is 0. The largest absolute Gasteiger partial charge is 0.310 e. The maximum absolute atomic E-state index is 11.7. The lowest BCUT2D eigenvalue weighted by Crippen LogP contribution is -2.38. The van der Waals surface area contributed by atoms with Gasteiger partial charge in [0, 0.05) is 12.2 Å². The number of alkyl halides is 2. The lowest BCUT2D eigenvalue weighted by Gasteiger charge is -2.29. The topological polar surface area (TPSA) is 20.3 Å². The van der Waals surface area contributed by atoms with Crippen LogP contribution in [0, 0.1) is 0 Å². The van der Waals surface area contributed by atoms with E-state index in [4.69, 9.17) is 23.2 Å². The second kappa shape index (κ2) is 4.42. The van der Waals surface area contributed by atoms with E-state index in [2.05, 4.69) is 0 Å². The van der Waals surface area contributed by atoms with Crippen LogP contribution >= 0.6 is 23.2 Å². The van der Waals surface area contributed by atoms with Crippen LogP contribution in [0.4, 0.5) is 5.69 Å². The number of hydrogen-bond acceptors (Lipinski definition) is 1. The van der Waals surface area contributed by atoms with Crippen LogP contribution in [0.1, 0.15) is 12.0 Å². The van der Waals surface area contributed by atoms with Gasteiger partial charge in [0.05, 0.1) is 0 Å². The quantitative estimate of drug-likeness (QED) is 0.695. The van der Waals surface area contributed by atoms with Gasteiger partial charge in [0.2, 0.25) is 0 Å². The number of carbonyl (C=O) groups is 1. The molecule has 1 amide bonds. The molecule has 0 radical (unpaired) electrons. The molecule has 0 saturated carbocycles. The van der Waals surface area contributed by atoms with Gasteiger partial charge in [0.1, 0.15) is 0 Å². The van der Waals surface area contributed by atoms with Gasteiger partial charge < -0.3 is 4.90 Å². The molecule has 1 aliphatic rings. The van der Waals surface area contributed by atoms with Gasteiger partial charge in [0.15, 0.2) is 4.84 Å². The number of amides is 1. The Labute approximate surface area is 98.8 Å². The van der Waals surface area contributed by atoms with Crippen molar-refractivity contribution in [2.24, 2.45) is 0 Å². The van der Waals surface area contributed by atoms with Gasteiger partial charge in [-0.2, -0.15) is 0 Å². The van der Waals surface area contributed by atoms with E-state index >= 15 is 0 Å². The third-order valence-corrected chi connectivity index (χ3v) is 2.94. The van der Waals surface area contributed by atoms with Crippen LogP contribution in [0.15, 0.2) is 24.3 Å². The summed E-state index contributed by atoms with van der Waals surface area (Å²) in [6.07, 6.45) is 1.97. The molecule has 0 fully saturated rings. The summed E-state index contributed by atoms with van der Waals surface area (Å²) in [4.78, 5) is 12.4. The second-order valence-electron chi connectivity index (χ2n) is 3.52. The van der Waals surface area contributed by atoms with E-state index in [0.29, 0.717) is 6.54 Å². The first kappa shape index (κ1) is 10.8. The number of nitrogens with zero attached hydrogens (tertiary/aromatic N) is 1. The molecule has 0 aliphatic carbocycles. The van der Waals surface area contributed by atoms with Gasteiger partial charge in [0.25, 0.3) is 5.91 Å². The van der Waals surface area contributed by atoms with Gasteiger partial charge in [-0.25, -0.2) is 0 Å². The Morgan fingerprint density at radius 2 is 2.07 bits per heavy atom. The second-order valence-corrected chi connectivity index (χ2v) is 4.62. The zero-order valence-corrected chi connectivity index (χ0v) is 9.63. The van der Waals surface area contributed by atoms with Crippen molar-refractivity contribution in [3.63, 3.8) is 0 Å². The highest BCUT2D eigenvalue weighted by Crippen LogP contribution is 2.28. The van der Waals surface area contributed by atoms with E-state index < -0.39 is 4.84 Å².